The van der Waals surface area contributed by atoms with Crippen molar-refractivity contribution in [3.63, 3.8) is 0 Å². The summed E-state index contributed by atoms with van der Waals surface area (Å²) < 4.78 is 29.0. The predicted molar refractivity (Wildman–Crippen MR) is 98.8 cm³/mol. The molecule has 0 saturated carbocycles. The highest BCUT2D eigenvalue weighted by molar-refractivity contribution is 5.83. The number of imidazole rings is 1. The molecule has 2 aromatic heterocycles. The van der Waals surface area contributed by atoms with Gasteiger partial charge in [0.25, 0.3) is 0 Å². The van der Waals surface area contributed by atoms with Crippen LogP contribution < -0.4 is 0 Å². The van der Waals surface area contributed by atoms with E-state index in [9.17, 15) is 8.78 Å². The van der Waals surface area contributed by atoms with Crippen LogP contribution in [-0.2, 0) is 7.05 Å². The molecule has 132 valence electrons. The Bertz CT molecular complexity index is 1220. The highest BCUT2D eigenvalue weighted by Crippen LogP contribution is 2.20. The third-order valence-corrected chi connectivity index (χ3v) is 4.09. The number of hydrogen-bond acceptors (Lipinski definition) is 3. The predicted octanol–water partition coefficient (Wildman–Crippen LogP) is 4.02. The van der Waals surface area contributed by atoms with Crippen LogP contribution in [0.1, 0.15) is 17.3 Å². The fraction of sp³-hybridized carbons (Fsp3) is 0.0952. The smallest absolute Gasteiger partial charge is 0.186 e. The number of nitrogens with zero attached hydrogens (tertiary/aromatic N) is 4. The number of rotatable bonds is 1. The third kappa shape index (κ3) is 3.27. The zero-order chi connectivity index (χ0) is 19.0. The van der Waals surface area contributed by atoms with Crippen LogP contribution in [0.3, 0.4) is 0 Å². The number of halogens is 2. The van der Waals surface area contributed by atoms with Gasteiger partial charge in [0.1, 0.15) is 11.5 Å². The summed E-state index contributed by atoms with van der Waals surface area (Å²) in [7, 11) is 1.85. The van der Waals surface area contributed by atoms with Crippen LogP contribution in [0.15, 0.2) is 48.7 Å². The first-order valence-corrected chi connectivity index (χ1v) is 8.25. The standard InChI is InChI=1S/C21H14F2N4/c1-13-24-18(15-10-16(22)17(23)11-19(15)25-13)8-9-21-26-20(12-27(21)2)14-6-4-3-5-7-14/h3-7,10-12H,1-2H3. The maximum Gasteiger partial charge on any atom is 0.186 e. The summed E-state index contributed by atoms with van der Waals surface area (Å²) in [4.78, 5) is 13.0. The lowest BCUT2D eigenvalue weighted by molar-refractivity contribution is 0.510. The summed E-state index contributed by atoms with van der Waals surface area (Å²) in [6, 6.07) is 11.9. The van der Waals surface area contributed by atoms with Gasteiger partial charge in [0.05, 0.1) is 11.2 Å². The number of aromatic nitrogens is 4. The Kier molecular flexibility index (Phi) is 4.13. The summed E-state index contributed by atoms with van der Waals surface area (Å²) in [5, 5.41) is 0.365. The van der Waals surface area contributed by atoms with Crippen LogP contribution in [0.5, 0.6) is 0 Å². The fourth-order valence-electron chi connectivity index (χ4n) is 2.78. The number of hydrogen-bond donors (Lipinski definition) is 0. The second kappa shape index (κ2) is 6.61. The van der Waals surface area contributed by atoms with E-state index in [4.69, 9.17) is 0 Å². The zero-order valence-corrected chi connectivity index (χ0v) is 14.7. The first-order valence-electron chi connectivity index (χ1n) is 8.25. The molecule has 0 aliphatic heterocycles. The summed E-state index contributed by atoms with van der Waals surface area (Å²) in [6.45, 7) is 1.68. The SMILES string of the molecule is Cc1nc(C#Cc2nc(-c3ccccc3)cn2C)c2cc(F)c(F)cc2n1. The van der Waals surface area contributed by atoms with Crippen LogP contribution in [0.25, 0.3) is 22.2 Å². The van der Waals surface area contributed by atoms with Crippen LogP contribution in [0, 0.1) is 30.4 Å². The second-order valence-electron chi connectivity index (χ2n) is 6.08. The monoisotopic (exact) mass is 360 g/mol. The number of aryl methyl sites for hydroxylation is 2. The molecule has 0 aliphatic carbocycles. The van der Waals surface area contributed by atoms with E-state index in [1.54, 1.807) is 6.92 Å². The Morgan fingerprint density at radius 2 is 1.67 bits per heavy atom. The Balaban J connectivity index is 1.79. The summed E-state index contributed by atoms with van der Waals surface area (Å²) in [5.41, 5.74) is 2.44. The molecule has 0 N–H and O–H groups in total. The van der Waals surface area contributed by atoms with Gasteiger partial charge in [0.15, 0.2) is 17.5 Å². The fourth-order valence-corrected chi connectivity index (χ4v) is 2.78. The maximum atomic E-state index is 13.7. The van der Waals surface area contributed by atoms with Gasteiger partial charge in [-0.1, -0.05) is 30.3 Å². The number of benzene rings is 2. The van der Waals surface area contributed by atoms with Crippen molar-refractivity contribution in [2.75, 3.05) is 0 Å². The average Bonchev–Trinajstić information content (AvgIpc) is 3.03. The highest BCUT2D eigenvalue weighted by Gasteiger charge is 2.10. The molecule has 0 atom stereocenters. The van der Waals surface area contributed by atoms with Gasteiger partial charge in [-0.2, -0.15) is 0 Å². The van der Waals surface area contributed by atoms with E-state index in [-0.39, 0.29) is 0 Å². The van der Waals surface area contributed by atoms with E-state index < -0.39 is 11.6 Å². The Hall–Kier alpha value is -3.59. The summed E-state index contributed by atoms with van der Waals surface area (Å²) in [6.07, 6.45) is 1.89. The molecule has 0 spiro atoms. The molecule has 2 aromatic carbocycles. The van der Waals surface area contributed by atoms with E-state index in [1.807, 2.05) is 48.1 Å². The van der Waals surface area contributed by atoms with Gasteiger partial charge >= 0.3 is 0 Å². The molecular formula is C21H14F2N4. The van der Waals surface area contributed by atoms with Crippen molar-refractivity contribution >= 4 is 10.9 Å². The first-order chi connectivity index (χ1) is 13.0. The van der Waals surface area contributed by atoms with Gasteiger partial charge in [0.2, 0.25) is 0 Å². The molecule has 0 saturated heterocycles. The molecular weight excluding hydrogens is 346 g/mol. The normalized spacial score (nSPS) is 10.7. The minimum Gasteiger partial charge on any atom is -0.327 e. The molecule has 4 nitrogen and oxygen atoms in total. The molecule has 2 heterocycles. The molecule has 27 heavy (non-hydrogen) atoms. The molecule has 0 unspecified atom stereocenters. The van der Waals surface area contributed by atoms with E-state index in [2.05, 4.69) is 26.8 Å². The lowest BCUT2D eigenvalue weighted by Gasteiger charge is -2.02. The van der Waals surface area contributed by atoms with Crippen molar-refractivity contribution in [3.05, 3.63) is 77.6 Å². The molecule has 0 bridgehead atoms. The topological polar surface area (TPSA) is 43.6 Å². The maximum absolute atomic E-state index is 13.7. The first kappa shape index (κ1) is 16.9. The second-order valence-corrected chi connectivity index (χ2v) is 6.08. The van der Waals surface area contributed by atoms with Gasteiger partial charge in [-0.25, -0.2) is 23.7 Å². The van der Waals surface area contributed by atoms with Crippen molar-refractivity contribution in [1.82, 2.24) is 19.5 Å². The van der Waals surface area contributed by atoms with Gasteiger partial charge in [0, 0.05) is 30.3 Å². The number of fused-ring (bicyclic) bond motifs is 1. The van der Waals surface area contributed by atoms with E-state index in [0.717, 1.165) is 23.4 Å². The van der Waals surface area contributed by atoms with E-state index in [0.29, 0.717) is 28.2 Å². The summed E-state index contributed by atoms with van der Waals surface area (Å²) >= 11 is 0. The van der Waals surface area contributed by atoms with Gasteiger partial charge in [-0.15, -0.1) is 0 Å². The lowest BCUT2D eigenvalue weighted by Crippen LogP contribution is -1.97. The van der Waals surface area contributed by atoms with Crippen molar-refractivity contribution in [1.29, 1.82) is 0 Å². The van der Waals surface area contributed by atoms with Crippen LogP contribution in [0.2, 0.25) is 0 Å². The van der Waals surface area contributed by atoms with Crippen LogP contribution in [-0.4, -0.2) is 19.5 Å². The molecule has 0 amide bonds. The minimum absolute atomic E-state index is 0.315. The zero-order valence-electron chi connectivity index (χ0n) is 14.7. The molecule has 0 fully saturated rings. The van der Waals surface area contributed by atoms with Crippen molar-refractivity contribution in [3.8, 4) is 23.1 Å². The average molecular weight is 360 g/mol. The van der Waals surface area contributed by atoms with Gasteiger partial charge in [-0.05, 0) is 24.8 Å². The summed E-state index contributed by atoms with van der Waals surface area (Å²) in [5.74, 6) is 4.96. The van der Waals surface area contributed by atoms with Crippen LogP contribution in [0.4, 0.5) is 8.78 Å². The Morgan fingerprint density at radius 1 is 0.926 bits per heavy atom. The molecule has 4 rings (SSSR count). The van der Waals surface area contributed by atoms with Crippen molar-refractivity contribution in [2.24, 2.45) is 7.05 Å². The molecule has 0 radical (unpaired) electrons. The highest BCUT2D eigenvalue weighted by atomic mass is 19.2. The minimum atomic E-state index is -0.957. The Labute approximate surface area is 154 Å². The molecule has 0 aliphatic rings. The Morgan fingerprint density at radius 3 is 2.44 bits per heavy atom. The van der Waals surface area contributed by atoms with Gasteiger partial charge in [-0.3, -0.25) is 0 Å². The van der Waals surface area contributed by atoms with Crippen LogP contribution >= 0.6 is 0 Å². The van der Waals surface area contributed by atoms with Crippen molar-refractivity contribution < 1.29 is 8.78 Å². The largest absolute Gasteiger partial charge is 0.327 e. The third-order valence-electron chi connectivity index (χ3n) is 4.09. The van der Waals surface area contributed by atoms with E-state index in [1.165, 1.54) is 0 Å². The quantitative estimate of drug-likeness (QED) is 0.482. The molecule has 6 heteroatoms. The van der Waals surface area contributed by atoms with Gasteiger partial charge < -0.3 is 4.57 Å². The lowest BCUT2D eigenvalue weighted by atomic mass is 10.1. The molecule has 4 aromatic rings. The van der Waals surface area contributed by atoms with Crippen molar-refractivity contribution in [2.45, 2.75) is 6.92 Å². The van der Waals surface area contributed by atoms with E-state index >= 15 is 0 Å².